The molecule has 0 amide bonds. The normalized spacial score (nSPS) is 25.8. The lowest BCUT2D eigenvalue weighted by molar-refractivity contribution is -0.144. The third-order valence-corrected chi connectivity index (χ3v) is 3.53. The van der Waals surface area contributed by atoms with Crippen LogP contribution in [0.4, 0.5) is 0 Å². The molecule has 0 bridgehead atoms. The van der Waals surface area contributed by atoms with E-state index < -0.39 is 0 Å². The number of hydrogen-bond donors (Lipinski definition) is 1. The van der Waals surface area contributed by atoms with Crippen LogP contribution in [0.3, 0.4) is 0 Å². The Hall–Kier alpha value is -0.610. The summed E-state index contributed by atoms with van der Waals surface area (Å²) in [5, 5.41) is 3.58. The molecule has 2 rings (SSSR count). The standard InChI is InChI=1S/C13H24N2O2/c1-2-17-13(16)10-15-7-3-4-11(9-15)8-14-12-5-6-12/h11-12,14H,2-10H2,1H3. The maximum Gasteiger partial charge on any atom is 0.320 e. The van der Waals surface area contributed by atoms with Crippen molar-refractivity contribution in [3.63, 3.8) is 0 Å². The van der Waals surface area contributed by atoms with Crippen LogP contribution in [0.15, 0.2) is 0 Å². The van der Waals surface area contributed by atoms with Crippen molar-refractivity contribution in [1.29, 1.82) is 0 Å². The van der Waals surface area contributed by atoms with E-state index in [1.807, 2.05) is 6.92 Å². The molecular weight excluding hydrogens is 216 g/mol. The fourth-order valence-corrected chi connectivity index (χ4v) is 2.47. The number of ether oxygens (including phenoxy) is 1. The molecule has 2 fully saturated rings. The summed E-state index contributed by atoms with van der Waals surface area (Å²) in [6.45, 7) is 6.00. The lowest BCUT2D eigenvalue weighted by Crippen LogP contribution is -2.42. The molecule has 1 unspecified atom stereocenters. The van der Waals surface area contributed by atoms with Crippen molar-refractivity contribution in [3.05, 3.63) is 0 Å². The van der Waals surface area contributed by atoms with E-state index in [9.17, 15) is 4.79 Å². The van der Waals surface area contributed by atoms with Crippen molar-refractivity contribution < 1.29 is 9.53 Å². The Morgan fingerprint density at radius 3 is 2.94 bits per heavy atom. The van der Waals surface area contributed by atoms with Crippen LogP contribution >= 0.6 is 0 Å². The number of rotatable bonds is 6. The van der Waals surface area contributed by atoms with Crippen molar-refractivity contribution in [2.45, 2.75) is 38.6 Å². The maximum absolute atomic E-state index is 11.4. The molecule has 17 heavy (non-hydrogen) atoms. The van der Waals surface area contributed by atoms with Crippen LogP contribution in [0, 0.1) is 5.92 Å². The minimum absolute atomic E-state index is 0.0803. The summed E-state index contributed by atoms with van der Waals surface area (Å²) in [7, 11) is 0. The van der Waals surface area contributed by atoms with Crippen molar-refractivity contribution in [3.8, 4) is 0 Å². The summed E-state index contributed by atoms with van der Waals surface area (Å²) >= 11 is 0. The highest BCUT2D eigenvalue weighted by molar-refractivity contribution is 5.71. The van der Waals surface area contributed by atoms with E-state index in [4.69, 9.17) is 4.74 Å². The van der Waals surface area contributed by atoms with Gasteiger partial charge in [0.2, 0.25) is 0 Å². The summed E-state index contributed by atoms with van der Waals surface area (Å²) < 4.78 is 4.99. The quantitative estimate of drug-likeness (QED) is 0.704. The average Bonchev–Trinajstić information content (AvgIpc) is 3.11. The maximum atomic E-state index is 11.4. The molecule has 0 aromatic heterocycles. The predicted molar refractivity (Wildman–Crippen MR) is 66.8 cm³/mol. The molecule has 1 heterocycles. The van der Waals surface area contributed by atoms with Crippen LogP contribution < -0.4 is 5.32 Å². The molecule has 98 valence electrons. The van der Waals surface area contributed by atoms with Crippen LogP contribution in [0.5, 0.6) is 0 Å². The first-order chi connectivity index (χ1) is 8.28. The second kappa shape index (κ2) is 6.36. The van der Waals surface area contributed by atoms with Gasteiger partial charge in [0.25, 0.3) is 0 Å². The average molecular weight is 240 g/mol. The molecule has 1 saturated carbocycles. The zero-order valence-electron chi connectivity index (χ0n) is 10.8. The molecule has 0 aromatic rings. The van der Waals surface area contributed by atoms with Crippen molar-refractivity contribution in [2.24, 2.45) is 5.92 Å². The predicted octanol–water partition coefficient (Wildman–Crippen LogP) is 1.01. The smallest absolute Gasteiger partial charge is 0.320 e. The molecule has 1 aliphatic carbocycles. The van der Waals surface area contributed by atoms with Gasteiger partial charge in [0, 0.05) is 12.6 Å². The summed E-state index contributed by atoms with van der Waals surface area (Å²) in [4.78, 5) is 13.7. The number of piperidine rings is 1. The number of hydrogen-bond acceptors (Lipinski definition) is 4. The molecular formula is C13H24N2O2. The molecule has 1 atom stereocenters. The van der Waals surface area contributed by atoms with Gasteiger partial charge in [-0.05, 0) is 51.6 Å². The van der Waals surface area contributed by atoms with E-state index in [1.165, 1.54) is 25.7 Å². The second-order valence-electron chi connectivity index (χ2n) is 5.23. The molecule has 4 nitrogen and oxygen atoms in total. The van der Waals surface area contributed by atoms with Crippen molar-refractivity contribution in [2.75, 3.05) is 32.8 Å². The third-order valence-electron chi connectivity index (χ3n) is 3.53. The van der Waals surface area contributed by atoms with Gasteiger partial charge in [-0.1, -0.05) is 0 Å². The summed E-state index contributed by atoms with van der Waals surface area (Å²) in [5.74, 6) is 0.627. The third kappa shape index (κ3) is 4.64. The second-order valence-corrected chi connectivity index (χ2v) is 5.23. The Bertz CT molecular complexity index is 254. The van der Waals surface area contributed by atoms with Crippen LogP contribution in [0.25, 0.3) is 0 Å². The van der Waals surface area contributed by atoms with E-state index in [-0.39, 0.29) is 5.97 Å². The Balaban J connectivity index is 1.66. The Morgan fingerprint density at radius 2 is 2.24 bits per heavy atom. The minimum atomic E-state index is -0.0803. The minimum Gasteiger partial charge on any atom is -0.465 e. The van der Waals surface area contributed by atoms with Gasteiger partial charge in [-0.25, -0.2) is 0 Å². The lowest BCUT2D eigenvalue weighted by Gasteiger charge is -2.32. The first-order valence-corrected chi connectivity index (χ1v) is 6.89. The Morgan fingerprint density at radius 1 is 1.41 bits per heavy atom. The Kier molecular flexibility index (Phi) is 4.80. The number of likely N-dealkylation sites (tertiary alicyclic amines) is 1. The van der Waals surface area contributed by atoms with Crippen LogP contribution in [0.2, 0.25) is 0 Å². The molecule has 0 aromatic carbocycles. The monoisotopic (exact) mass is 240 g/mol. The first-order valence-electron chi connectivity index (χ1n) is 6.89. The number of nitrogens with zero attached hydrogens (tertiary/aromatic N) is 1. The molecule has 0 spiro atoms. The fraction of sp³-hybridized carbons (Fsp3) is 0.923. The van der Waals surface area contributed by atoms with Gasteiger partial charge >= 0.3 is 5.97 Å². The van der Waals surface area contributed by atoms with E-state index in [0.29, 0.717) is 19.1 Å². The highest BCUT2D eigenvalue weighted by Crippen LogP contribution is 2.21. The van der Waals surface area contributed by atoms with E-state index in [1.54, 1.807) is 0 Å². The number of nitrogens with one attached hydrogen (secondary N) is 1. The van der Waals surface area contributed by atoms with Gasteiger partial charge in [0.05, 0.1) is 13.2 Å². The lowest BCUT2D eigenvalue weighted by atomic mass is 9.98. The topological polar surface area (TPSA) is 41.6 Å². The van der Waals surface area contributed by atoms with Gasteiger partial charge in [0.1, 0.15) is 0 Å². The molecule has 2 aliphatic rings. The first kappa shape index (κ1) is 12.8. The fourth-order valence-electron chi connectivity index (χ4n) is 2.47. The van der Waals surface area contributed by atoms with Gasteiger partial charge in [-0.2, -0.15) is 0 Å². The molecule has 0 radical (unpaired) electrons. The highest BCUT2D eigenvalue weighted by atomic mass is 16.5. The van der Waals surface area contributed by atoms with E-state index in [2.05, 4.69) is 10.2 Å². The number of carbonyl (C=O) groups is 1. The van der Waals surface area contributed by atoms with Crippen LogP contribution in [-0.4, -0.2) is 49.7 Å². The van der Waals surface area contributed by atoms with E-state index >= 15 is 0 Å². The zero-order valence-corrected chi connectivity index (χ0v) is 10.8. The summed E-state index contributed by atoms with van der Waals surface area (Å²) in [6, 6.07) is 0.787. The van der Waals surface area contributed by atoms with Gasteiger partial charge in [0.15, 0.2) is 0 Å². The van der Waals surface area contributed by atoms with Gasteiger partial charge in [-0.15, -0.1) is 0 Å². The number of esters is 1. The summed E-state index contributed by atoms with van der Waals surface area (Å²) in [5.41, 5.74) is 0. The Labute approximate surface area is 104 Å². The van der Waals surface area contributed by atoms with Gasteiger partial charge in [-0.3, -0.25) is 9.69 Å². The van der Waals surface area contributed by atoms with E-state index in [0.717, 1.165) is 25.7 Å². The van der Waals surface area contributed by atoms with Crippen LogP contribution in [-0.2, 0) is 9.53 Å². The summed E-state index contributed by atoms with van der Waals surface area (Å²) in [6.07, 6.45) is 5.19. The molecule has 1 aliphatic heterocycles. The molecule has 1 saturated heterocycles. The number of carbonyl (C=O) groups excluding carboxylic acids is 1. The zero-order chi connectivity index (χ0) is 12.1. The van der Waals surface area contributed by atoms with Crippen LogP contribution in [0.1, 0.15) is 32.6 Å². The van der Waals surface area contributed by atoms with Crippen molar-refractivity contribution >= 4 is 5.97 Å². The largest absolute Gasteiger partial charge is 0.465 e. The molecule has 1 N–H and O–H groups in total. The highest BCUT2D eigenvalue weighted by Gasteiger charge is 2.25. The SMILES string of the molecule is CCOC(=O)CN1CCCC(CNC2CC2)C1. The molecule has 4 heteroatoms. The van der Waals surface area contributed by atoms with Crippen molar-refractivity contribution in [1.82, 2.24) is 10.2 Å². The van der Waals surface area contributed by atoms with Gasteiger partial charge < -0.3 is 10.1 Å².